The fourth-order valence-corrected chi connectivity index (χ4v) is 3.50. The predicted octanol–water partition coefficient (Wildman–Crippen LogP) is 3.29. The van der Waals surface area contributed by atoms with Gasteiger partial charge in [-0.2, -0.15) is 5.10 Å². The molecule has 0 radical (unpaired) electrons. The minimum Gasteiger partial charge on any atom is -0.270 e. The summed E-state index contributed by atoms with van der Waals surface area (Å²) in [6, 6.07) is 2.25. The van der Waals surface area contributed by atoms with E-state index in [1.165, 1.54) is 10.4 Å². The number of nitrogens with one attached hydrogen (secondary N) is 1. The summed E-state index contributed by atoms with van der Waals surface area (Å²) in [5, 5.41) is 7.07. The SMILES string of the molecule is CCc1ccsc1C(NN)c1c(Cl)cnn1C(C)C. The molecule has 0 saturated heterocycles. The second kappa shape index (κ2) is 6.05. The first-order valence-corrected chi connectivity index (χ1v) is 7.61. The second-order valence-electron chi connectivity index (χ2n) is 4.68. The number of hydrogen-bond donors (Lipinski definition) is 2. The van der Waals surface area contributed by atoms with Gasteiger partial charge in [0.25, 0.3) is 0 Å². The normalized spacial score (nSPS) is 13.2. The predicted molar refractivity (Wildman–Crippen MR) is 80.5 cm³/mol. The van der Waals surface area contributed by atoms with Crippen LogP contribution in [-0.2, 0) is 6.42 Å². The molecule has 2 aromatic heterocycles. The first-order valence-electron chi connectivity index (χ1n) is 6.35. The Bertz CT molecular complexity index is 547. The highest BCUT2D eigenvalue weighted by molar-refractivity contribution is 7.10. The van der Waals surface area contributed by atoms with E-state index in [4.69, 9.17) is 17.4 Å². The summed E-state index contributed by atoms with van der Waals surface area (Å²) < 4.78 is 1.92. The Morgan fingerprint density at radius 3 is 2.84 bits per heavy atom. The summed E-state index contributed by atoms with van der Waals surface area (Å²) in [5.74, 6) is 5.77. The van der Waals surface area contributed by atoms with Gasteiger partial charge in [-0.3, -0.25) is 10.5 Å². The van der Waals surface area contributed by atoms with Crippen LogP contribution >= 0.6 is 22.9 Å². The highest BCUT2D eigenvalue weighted by atomic mass is 35.5. The van der Waals surface area contributed by atoms with Crippen molar-refractivity contribution < 1.29 is 0 Å². The van der Waals surface area contributed by atoms with Crippen LogP contribution in [-0.4, -0.2) is 9.78 Å². The first-order chi connectivity index (χ1) is 9.10. The van der Waals surface area contributed by atoms with Gasteiger partial charge in [-0.05, 0) is 37.3 Å². The minimum absolute atomic E-state index is 0.118. The summed E-state index contributed by atoms with van der Waals surface area (Å²) in [6.07, 6.45) is 2.66. The molecule has 2 rings (SSSR count). The number of thiophene rings is 1. The molecule has 2 heterocycles. The largest absolute Gasteiger partial charge is 0.270 e. The van der Waals surface area contributed by atoms with Gasteiger partial charge in [-0.25, -0.2) is 5.43 Å². The third-order valence-corrected chi connectivity index (χ3v) is 4.46. The van der Waals surface area contributed by atoms with Gasteiger partial charge in [0.15, 0.2) is 0 Å². The molecule has 0 bridgehead atoms. The summed E-state index contributed by atoms with van der Waals surface area (Å²) in [5.41, 5.74) is 5.10. The monoisotopic (exact) mass is 298 g/mol. The van der Waals surface area contributed by atoms with Crippen LogP contribution in [0, 0.1) is 0 Å². The van der Waals surface area contributed by atoms with Crippen molar-refractivity contribution in [1.82, 2.24) is 15.2 Å². The summed E-state index contributed by atoms with van der Waals surface area (Å²) >= 11 is 7.99. The average molecular weight is 299 g/mol. The average Bonchev–Trinajstić information content (AvgIpc) is 2.98. The van der Waals surface area contributed by atoms with E-state index >= 15 is 0 Å². The molecule has 0 aliphatic carbocycles. The Hall–Kier alpha value is -0.880. The maximum Gasteiger partial charge on any atom is 0.0988 e. The molecule has 2 aromatic rings. The molecule has 4 nitrogen and oxygen atoms in total. The van der Waals surface area contributed by atoms with Crippen molar-refractivity contribution in [3.05, 3.63) is 38.8 Å². The van der Waals surface area contributed by atoms with Gasteiger partial charge in [0.2, 0.25) is 0 Å². The Balaban J connectivity index is 2.51. The zero-order chi connectivity index (χ0) is 14.0. The molecule has 0 amide bonds. The van der Waals surface area contributed by atoms with E-state index in [9.17, 15) is 0 Å². The van der Waals surface area contributed by atoms with Crippen molar-refractivity contribution >= 4 is 22.9 Å². The number of nitrogens with zero attached hydrogens (tertiary/aromatic N) is 2. The molecule has 0 aromatic carbocycles. The van der Waals surface area contributed by atoms with Crippen LogP contribution < -0.4 is 11.3 Å². The highest BCUT2D eigenvalue weighted by Crippen LogP contribution is 2.34. The van der Waals surface area contributed by atoms with Gasteiger partial charge < -0.3 is 0 Å². The van der Waals surface area contributed by atoms with Crippen LogP contribution in [0.25, 0.3) is 0 Å². The third-order valence-electron chi connectivity index (χ3n) is 3.14. The van der Waals surface area contributed by atoms with Crippen molar-refractivity contribution in [3.8, 4) is 0 Å². The van der Waals surface area contributed by atoms with Crippen molar-refractivity contribution in [3.63, 3.8) is 0 Å². The molecule has 0 fully saturated rings. The number of nitrogens with two attached hydrogens (primary N) is 1. The topological polar surface area (TPSA) is 55.9 Å². The Kier molecular flexibility index (Phi) is 4.62. The molecular formula is C13H19ClN4S. The number of aryl methyl sites for hydroxylation is 1. The van der Waals surface area contributed by atoms with E-state index in [-0.39, 0.29) is 12.1 Å². The van der Waals surface area contributed by atoms with E-state index in [2.05, 4.69) is 42.7 Å². The molecule has 1 unspecified atom stereocenters. The lowest BCUT2D eigenvalue weighted by molar-refractivity contribution is 0.478. The molecule has 3 N–H and O–H groups in total. The standard InChI is InChI=1S/C13H19ClN4S/c1-4-9-5-6-19-13(9)11(17-15)12-10(14)7-16-18(12)8(2)3/h5-8,11,17H,4,15H2,1-3H3. The van der Waals surface area contributed by atoms with E-state index in [1.807, 2.05) is 4.68 Å². The van der Waals surface area contributed by atoms with Crippen LogP contribution in [0.5, 0.6) is 0 Å². The van der Waals surface area contributed by atoms with Crippen LogP contribution in [0.15, 0.2) is 17.6 Å². The number of hydrazine groups is 1. The quantitative estimate of drug-likeness (QED) is 0.658. The molecule has 0 spiro atoms. The van der Waals surface area contributed by atoms with Gasteiger partial charge in [0.05, 0.1) is 23.0 Å². The Morgan fingerprint density at radius 1 is 1.53 bits per heavy atom. The molecule has 0 aliphatic heterocycles. The lowest BCUT2D eigenvalue weighted by Crippen LogP contribution is -2.31. The van der Waals surface area contributed by atoms with E-state index in [1.54, 1.807) is 17.5 Å². The van der Waals surface area contributed by atoms with Crippen LogP contribution in [0.3, 0.4) is 0 Å². The lowest BCUT2D eigenvalue weighted by Gasteiger charge is -2.20. The third kappa shape index (κ3) is 2.69. The fourth-order valence-electron chi connectivity index (χ4n) is 2.20. The molecule has 0 aliphatic rings. The smallest absolute Gasteiger partial charge is 0.0988 e. The van der Waals surface area contributed by atoms with Gasteiger partial charge in [0.1, 0.15) is 0 Å². The Morgan fingerprint density at radius 2 is 2.26 bits per heavy atom. The number of hydrogen-bond acceptors (Lipinski definition) is 4. The van der Waals surface area contributed by atoms with Gasteiger partial charge in [-0.1, -0.05) is 18.5 Å². The second-order valence-corrected chi connectivity index (χ2v) is 6.03. The van der Waals surface area contributed by atoms with Crippen LogP contribution in [0.2, 0.25) is 5.02 Å². The zero-order valence-corrected chi connectivity index (χ0v) is 12.9. The summed E-state index contributed by atoms with van der Waals surface area (Å²) in [6.45, 7) is 6.30. The molecule has 6 heteroatoms. The molecule has 104 valence electrons. The van der Waals surface area contributed by atoms with Crippen LogP contribution in [0.4, 0.5) is 0 Å². The van der Waals surface area contributed by atoms with Crippen molar-refractivity contribution in [2.75, 3.05) is 0 Å². The maximum absolute atomic E-state index is 6.30. The van der Waals surface area contributed by atoms with Gasteiger partial charge in [0, 0.05) is 10.9 Å². The summed E-state index contributed by atoms with van der Waals surface area (Å²) in [4.78, 5) is 1.20. The van der Waals surface area contributed by atoms with E-state index in [0.29, 0.717) is 5.02 Å². The fraction of sp³-hybridized carbons (Fsp3) is 0.462. The molecule has 19 heavy (non-hydrogen) atoms. The minimum atomic E-state index is -0.118. The van der Waals surface area contributed by atoms with E-state index < -0.39 is 0 Å². The number of halogens is 1. The number of aromatic nitrogens is 2. The van der Waals surface area contributed by atoms with Crippen LogP contribution in [0.1, 0.15) is 49.0 Å². The van der Waals surface area contributed by atoms with E-state index in [0.717, 1.165) is 12.1 Å². The van der Waals surface area contributed by atoms with Gasteiger partial charge in [-0.15, -0.1) is 11.3 Å². The number of rotatable bonds is 5. The van der Waals surface area contributed by atoms with Crippen molar-refractivity contribution in [2.45, 2.75) is 39.3 Å². The molecule has 0 saturated carbocycles. The van der Waals surface area contributed by atoms with Gasteiger partial charge >= 0.3 is 0 Å². The first kappa shape index (κ1) is 14.5. The highest BCUT2D eigenvalue weighted by Gasteiger charge is 2.25. The summed E-state index contributed by atoms with van der Waals surface area (Å²) in [7, 11) is 0. The molecular weight excluding hydrogens is 280 g/mol. The van der Waals surface area contributed by atoms with Crippen molar-refractivity contribution in [2.24, 2.45) is 5.84 Å². The van der Waals surface area contributed by atoms with Crippen molar-refractivity contribution in [1.29, 1.82) is 0 Å². The zero-order valence-electron chi connectivity index (χ0n) is 11.4. The lowest BCUT2D eigenvalue weighted by atomic mass is 10.1. The Labute approximate surface area is 122 Å². The molecule has 1 atom stereocenters. The maximum atomic E-state index is 6.30.